The topological polar surface area (TPSA) is 32.7 Å². The number of hydrogen-bond acceptors (Lipinski definition) is 3. The number of aliphatic hydroxyl groups excluding tert-OH is 1. The molecule has 1 unspecified atom stereocenters. The van der Waals surface area contributed by atoms with Crippen molar-refractivity contribution >= 4 is 5.69 Å². The molecule has 2 rings (SSSR count). The van der Waals surface area contributed by atoms with Gasteiger partial charge in [0, 0.05) is 19.3 Å². The molecule has 112 valence electrons. The Balaban J connectivity index is 2.01. The second-order valence-corrected chi connectivity index (χ2v) is 5.24. The van der Waals surface area contributed by atoms with Crippen molar-refractivity contribution in [2.24, 2.45) is 0 Å². The maximum absolute atomic E-state index is 10.4. The quantitative estimate of drug-likeness (QED) is 0.881. The van der Waals surface area contributed by atoms with Gasteiger partial charge < -0.3 is 14.7 Å². The van der Waals surface area contributed by atoms with Gasteiger partial charge in [-0.15, -0.1) is 0 Å². The van der Waals surface area contributed by atoms with E-state index in [2.05, 4.69) is 30.0 Å². The van der Waals surface area contributed by atoms with Crippen molar-refractivity contribution in [3.05, 3.63) is 59.7 Å². The lowest BCUT2D eigenvalue weighted by Gasteiger charge is -2.23. The lowest BCUT2D eigenvalue weighted by molar-refractivity contribution is 0.185. The summed E-state index contributed by atoms with van der Waals surface area (Å²) in [7, 11) is 1.99. The average Bonchev–Trinajstić information content (AvgIpc) is 2.48. The molecule has 0 aliphatic rings. The molecule has 0 radical (unpaired) electrons. The van der Waals surface area contributed by atoms with Gasteiger partial charge in [-0.3, -0.25) is 0 Å². The number of ether oxygens (including phenoxy) is 1. The van der Waals surface area contributed by atoms with Gasteiger partial charge in [0.05, 0.1) is 12.7 Å². The average molecular weight is 285 g/mol. The van der Waals surface area contributed by atoms with Gasteiger partial charge in [0.25, 0.3) is 0 Å². The zero-order valence-corrected chi connectivity index (χ0v) is 12.9. The minimum Gasteiger partial charge on any atom is -0.494 e. The first-order valence-electron chi connectivity index (χ1n) is 7.28. The van der Waals surface area contributed by atoms with Crippen molar-refractivity contribution in [3.8, 4) is 5.75 Å². The third-order valence-corrected chi connectivity index (χ3v) is 3.47. The van der Waals surface area contributed by atoms with E-state index in [1.807, 2.05) is 44.3 Å². The highest BCUT2D eigenvalue weighted by Crippen LogP contribution is 2.21. The highest BCUT2D eigenvalue weighted by molar-refractivity contribution is 5.48. The predicted molar refractivity (Wildman–Crippen MR) is 87.0 cm³/mol. The summed E-state index contributed by atoms with van der Waals surface area (Å²) in [5.74, 6) is 0.834. The van der Waals surface area contributed by atoms with E-state index in [0.29, 0.717) is 13.2 Å². The monoisotopic (exact) mass is 285 g/mol. The molecular formula is C18H23NO2. The van der Waals surface area contributed by atoms with E-state index in [0.717, 1.165) is 17.0 Å². The fourth-order valence-electron chi connectivity index (χ4n) is 2.29. The summed E-state index contributed by atoms with van der Waals surface area (Å²) < 4.78 is 5.41. The number of hydrogen-bond donors (Lipinski definition) is 1. The van der Waals surface area contributed by atoms with Gasteiger partial charge in [-0.05, 0) is 49.2 Å². The van der Waals surface area contributed by atoms with Gasteiger partial charge in [-0.2, -0.15) is 0 Å². The molecule has 3 heteroatoms. The molecule has 0 aliphatic heterocycles. The number of anilines is 1. The maximum atomic E-state index is 10.4. The van der Waals surface area contributed by atoms with E-state index in [1.54, 1.807) is 0 Å². The SMILES string of the molecule is CCOc1ccc(C(O)CN(C)c2cccc(C)c2)cc1. The van der Waals surface area contributed by atoms with Crippen molar-refractivity contribution in [2.45, 2.75) is 20.0 Å². The molecule has 1 N–H and O–H groups in total. The second kappa shape index (κ2) is 7.14. The lowest BCUT2D eigenvalue weighted by Crippen LogP contribution is -2.24. The van der Waals surface area contributed by atoms with E-state index >= 15 is 0 Å². The first kappa shape index (κ1) is 15.4. The van der Waals surface area contributed by atoms with Crippen molar-refractivity contribution < 1.29 is 9.84 Å². The Morgan fingerprint density at radius 2 is 1.86 bits per heavy atom. The minimum atomic E-state index is -0.522. The summed E-state index contributed by atoms with van der Waals surface area (Å²) in [4.78, 5) is 2.06. The van der Waals surface area contributed by atoms with Gasteiger partial charge in [-0.1, -0.05) is 24.3 Å². The fourth-order valence-corrected chi connectivity index (χ4v) is 2.29. The van der Waals surface area contributed by atoms with Gasteiger partial charge in [0.2, 0.25) is 0 Å². The second-order valence-electron chi connectivity index (χ2n) is 5.24. The number of aryl methyl sites for hydroxylation is 1. The van der Waals surface area contributed by atoms with Crippen LogP contribution in [0.4, 0.5) is 5.69 Å². The molecule has 3 nitrogen and oxygen atoms in total. The van der Waals surface area contributed by atoms with E-state index in [4.69, 9.17) is 4.74 Å². The standard InChI is InChI=1S/C18H23NO2/c1-4-21-17-10-8-15(9-11-17)18(20)13-19(3)16-7-5-6-14(2)12-16/h5-12,18,20H,4,13H2,1-3H3. The molecule has 0 aliphatic carbocycles. The van der Waals surface area contributed by atoms with Crippen LogP contribution in [0.3, 0.4) is 0 Å². The summed E-state index contributed by atoms with van der Waals surface area (Å²) in [6, 6.07) is 15.9. The first-order valence-corrected chi connectivity index (χ1v) is 7.28. The van der Waals surface area contributed by atoms with Crippen LogP contribution in [0.25, 0.3) is 0 Å². The van der Waals surface area contributed by atoms with E-state index in [-0.39, 0.29) is 0 Å². The molecular weight excluding hydrogens is 262 g/mol. The number of likely N-dealkylation sites (N-methyl/N-ethyl adjacent to an activating group) is 1. The van der Waals surface area contributed by atoms with E-state index in [1.165, 1.54) is 5.56 Å². The number of rotatable bonds is 6. The Labute approximate surface area is 126 Å². The van der Waals surface area contributed by atoms with Gasteiger partial charge in [-0.25, -0.2) is 0 Å². The first-order chi connectivity index (χ1) is 10.1. The van der Waals surface area contributed by atoms with Crippen LogP contribution < -0.4 is 9.64 Å². The Kier molecular flexibility index (Phi) is 5.23. The maximum Gasteiger partial charge on any atom is 0.119 e. The van der Waals surface area contributed by atoms with Crippen molar-refractivity contribution in [2.75, 3.05) is 25.1 Å². The molecule has 0 amide bonds. The summed E-state index contributed by atoms with van der Waals surface area (Å²) in [5, 5.41) is 10.4. The lowest BCUT2D eigenvalue weighted by atomic mass is 10.1. The van der Waals surface area contributed by atoms with Crippen molar-refractivity contribution in [1.82, 2.24) is 0 Å². The van der Waals surface area contributed by atoms with Crippen LogP contribution in [0.2, 0.25) is 0 Å². The van der Waals surface area contributed by atoms with Gasteiger partial charge in [0.1, 0.15) is 5.75 Å². The van der Waals surface area contributed by atoms with Crippen LogP contribution in [0.1, 0.15) is 24.2 Å². The van der Waals surface area contributed by atoms with E-state index < -0.39 is 6.10 Å². The van der Waals surface area contributed by atoms with Crippen LogP contribution in [0.5, 0.6) is 5.75 Å². The molecule has 2 aromatic rings. The molecule has 0 saturated heterocycles. The molecule has 0 heterocycles. The predicted octanol–water partition coefficient (Wildman–Crippen LogP) is 3.56. The van der Waals surface area contributed by atoms with Gasteiger partial charge in [0.15, 0.2) is 0 Å². The van der Waals surface area contributed by atoms with Crippen LogP contribution in [-0.4, -0.2) is 25.3 Å². The van der Waals surface area contributed by atoms with Crippen molar-refractivity contribution in [1.29, 1.82) is 0 Å². The third kappa shape index (κ3) is 4.23. The zero-order valence-electron chi connectivity index (χ0n) is 12.9. The summed E-state index contributed by atoms with van der Waals surface area (Å²) >= 11 is 0. The number of aliphatic hydroxyl groups is 1. The Hall–Kier alpha value is -2.00. The van der Waals surface area contributed by atoms with E-state index in [9.17, 15) is 5.11 Å². The molecule has 0 saturated carbocycles. The van der Waals surface area contributed by atoms with Crippen LogP contribution in [0.15, 0.2) is 48.5 Å². The van der Waals surface area contributed by atoms with Crippen LogP contribution in [0, 0.1) is 6.92 Å². The largest absolute Gasteiger partial charge is 0.494 e. The Morgan fingerprint density at radius 3 is 2.48 bits per heavy atom. The molecule has 0 aromatic heterocycles. The zero-order chi connectivity index (χ0) is 15.2. The number of nitrogens with zero attached hydrogens (tertiary/aromatic N) is 1. The molecule has 1 atom stereocenters. The molecule has 0 bridgehead atoms. The minimum absolute atomic E-state index is 0.522. The van der Waals surface area contributed by atoms with Crippen LogP contribution in [-0.2, 0) is 0 Å². The summed E-state index contributed by atoms with van der Waals surface area (Å²) in [5.41, 5.74) is 3.23. The third-order valence-electron chi connectivity index (χ3n) is 3.47. The molecule has 0 spiro atoms. The van der Waals surface area contributed by atoms with Crippen LogP contribution >= 0.6 is 0 Å². The summed E-state index contributed by atoms with van der Waals surface area (Å²) in [6.07, 6.45) is -0.522. The molecule has 21 heavy (non-hydrogen) atoms. The highest BCUT2D eigenvalue weighted by Gasteiger charge is 2.11. The molecule has 0 fully saturated rings. The highest BCUT2D eigenvalue weighted by atomic mass is 16.5. The Bertz CT molecular complexity index is 566. The Morgan fingerprint density at radius 1 is 1.14 bits per heavy atom. The number of benzene rings is 2. The fraction of sp³-hybridized carbons (Fsp3) is 0.333. The molecule has 2 aromatic carbocycles. The summed E-state index contributed by atoms with van der Waals surface area (Å²) in [6.45, 7) is 5.23. The van der Waals surface area contributed by atoms with Gasteiger partial charge >= 0.3 is 0 Å². The smallest absolute Gasteiger partial charge is 0.119 e. The normalized spacial score (nSPS) is 12.0. The van der Waals surface area contributed by atoms with Crippen molar-refractivity contribution in [3.63, 3.8) is 0 Å².